The van der Waals surface area contributed by atoms with Crippen LogP contribution in [-0.2, 0) is 0 Å². The molecule has 1 aliphatic heterocycles. The minimum atomic E-state index is -0.517. The fraction of sp³-hybridized carbons (Fsp3) is 0.294. The van der Waals surface area contributed by atoms with Crippen LogP contribution in [0.15, 0.2) is 30.5 Å². The fourth-order valence-electron chi connectivity index (χ4n) is 3.01. The first kappa shape index (κ1) is 17.5. The van der Waals surface area contributed by atoms with E-state index in [-0.39, 0.29) is 11.1 Å². The molecular formula is C17H17ClFN7O. The van der Waals surface area contributed by atoms with E-state index in [0.717, 1.165) is 11.5 Å². The summed E-state index contributed by atoms with van der Waals surface area (Å²) in [5, 5.41) is 15.2. The number of nitrogens with one attached hydrogen (secondary N) is 1. The first-order chi connectivity index (χ1) is 13.0. The number of aryl methyl sites for hydroxylation is 1. The summed E-state index contributed by atoms with van der Waals surface area (Å²) in [4.78, 5) is 16.3. The number of rotatable bonds is 2. The van der Waals surface area contributed by atoms with Gasteiger partial charge in [-0.15, -0.1) is 10.2 Å². The molecule has 3 heterocycles. The number of fused-ring (bicyclic) bond motifs is 1. The minimum absolute atomic E-state index is 0.0239. The summed E-state index contributed by atoms with van der Waals surface area (Å²) in [6, 6.07) is 5.80. The maximum atomic E-state index is 13.2. The smallest absolute Gasteiger partial charge is 0.321 e. The van der Waals surface area contributed by atoms with Crippen molar-refractivity contribution in [3.05, 3.63) is 47.1 Å². The molecule has 0 unspecified atom stereocenters. The van der Waals surface area contributed by atoms with Crippen LogP contribution in [0.4, 0.5) is 20.6 Å². The van der Waals surface area contributed by atoms with E-state index in [9.17, 15) is 9.18 Å². The van der Waals surface area contributed by atoms with Gasteiger partial charge in [0, 0.05) is 37.9 Å². The Hall–Kier alpha value is -2.94. The van der Waals surface area contributed by atoms with E-state index in [1.54, 1.807) is 15.6 Å². The van der Waals surface area contributed by atoms with Crippen LogP contribution in [-0.4, -0.2) is 56.9 Å². The zero-order chi connectivity index (χ0) is 19.0. The molecular weight excluding hydrogens is 373 g/mol. The molecule has 0 radical (unpaired) electrons. The Kier molecular flexibility index (Phi) is 4.53. The fourth-order valence-corrected chi connectivity index (χ4v) is 3.19. The van der Waals surface area contributed by atoms with Gasteiger partial charge >= 0.3 is 6.03 Å². The van der Waals surface area contributed by atoms with Gasteiger partial charge in [0.1, 0.15) is 5.82 Å². The van der Waals surface area contributed by atoms with E-state index in [4.69, 9.17) is 11.6 Å². The zero-order valence-corrected chi connectivity index (χ0v) is 15.3. The van der Waals surface area contributed by atoms with E-state index in [1.165, 1.54) is 18.2 Å². The van der Waals surface area contributed by atoms with Crippen molar-refractivity contribution in [2.45, 2.75) is 6.92 Å². The van der Waals surface area contributed by atoms with Crippen LogP contribution in [0.1, 0.15) is 5.82 Å². The first-order valence-corrected chi connectivity index (χ1v) is 8.83. The van der Waals surface area contributed by atoms with Gasteiger partial charge in [-0.1, -0.05) is 11.6 Å². The van der Waals surface area contributed by atoms with Gasteiger partial charge in [-0.2, -0.15) is 9.61 Å². The van der Waals surface area contributed by atoms with Crippen molar-refractivity contribution in [1.82, 2.24) is 24.7 Å². The molecule has 0 spiro atoms. The Morgan fingerprint density at radius 2 is 1.96 bits per heavy atom. The third kappa shape index (κ3) is 3.50. The molecule has 4 rings (SSSR count). The normalized spacial score (nSPS) is 14.6. The van der Waals surface area contributed by atoms with Gasteiger partial charge in [0.15, 0.2) is 11.5 Å². The molecule has 10 heteroatoms. The van der Waals surface area contributed by atoms with E-state index in [2.05, 4.69) is 25.5 Å². The molecule has 1 fully saturated rings. The summed E-state index contributed by atoms with van der Waals surface area (Å²) in [5.41, 5.74) is 2.10. The Balaban J connectivity index is 1.38. The molecule has 1 aliphatic rings. The summed E-state index contributed by atoms with van der Waals surface area (Å²) in [6.07, 6.45) is 1.78. The third-order valence-corrected chi connectivity index (χ3v) is 4.80. The van der Waals surface area contributed by atoms with Crippen molar-refractivity contribution in [3.8, 4) is 0 Å². The molecule has 0 bridgehead atoms. The monoisotopic (exact) mass is 389 g/mol. The maximum absolute atomic E-state index is 13.2. The summed E-state index contributed by atoms with van der Waals surface area (Å²) < 4.78 is 14.9. The van der Waals surface area contributed by atoms with Crippen molar-refractivity contribution in [2.75, 3.05) is 36.4 Å². The van der Waals surface area contributed by atoms with Gasteiger partial charge in [0.25, 0.3) is 0 Å². The molecule has 0 atom stereocenters. The average molecular weight is 390 g/mol. The number of piperazine rings is 1. The van der Waals surface area contributed by atoms with Crippen molar-refractivity contribution in [3.63, 3.8) is 0 Å². The van der Waals surface area contributed by atoms with Crippen LogP contribution in [0, 0.1) is 12.7 Å². The van der Waals surface area contributed by atoms with Crippen LogP contribution in [0.25, 0.3) is 5.65 Å². The first-order valence-electron chi connectivity index (χ1n) is 8.45. The van der Waals surface area contributed by atoms with Crippen LogP contribution >= 0.6 is 11.6 Å². The number of aromatic nitrogens is 4. The summed E-state index contributed by atoms with van der Waals surface area (Å²) in [6.45, 7) is 4.29. The highest BCUT2D eigenvalue weighted by Crippen LogP contribution is 2.21. The summed E-state index contributed by atoms with van der Waals surface area (Å²) in [7, 11) is 0. The van der Waals surface area contributed by atoms with Crippen molar-refractivity contribution >= 4 is 34.7 Å². The molecule has 8 nitrogen and oxygen atoms in total. The lowest BCUT2D eigenvalue weighted by Crippen LogP contribution is -2.50. The molecule has 2 aromatic heterocycles. The second kappa shape index (κ2) is 6.99. The molecule has 140 valence electrons. The quantitative estimate of drug-likeness (QED) is 0.728. The van der Waals surface area contributed by atoms with Crippen LogP contribution < -0.4 is 10.2 Å². The van der Waals surface area contributed by atoms with Gasteiger partial charge in [0.05, 0.1) is 16.9 Å². The van der Waals surface area contributed by atoms with E-state index in [0.29, 0.717) is 37.5 Å². The molecule has 3 aromatic rings. The Morgan fingerprint density at radius 3 is 2.70 bits per heavy atom. The topological polar surface area (TPSA) is 78.7 Å². The van der Waals surface area contributed by atoms with Crippen molar-refractivity contribution < 1.29 is 9.18 Å². The molecule has 1 aromatic carbocycles. The zero-order valence-electron chi connectivity index (χ0n) is 14.6. The van der Waals surface area contributed by atoms with E-state index >= 15 is 0 Å². The number of hydrogen-bond donors (Lipinski definition) is 1. The Morgan fingerprint density at radius 1 is 1.19 bits per heavy atom. The lowest BCUT2D eigenvalue weighted by molar-refractivity contribution is 0.208. The highest BCUT2D eigenvalue weighted by Gasteiger charge is 2.22. The number of carbonyl (C=O) groups excluding carboxylic acids is 1. The minimum Gasteiger partial charge on any atom is -0.367 e. The van der Waals surface area contributed by atoms with Crippen LogP contribution in [0.5, 0.6) is 0 Å². The number of carbonyl (C=O) groups is 1. The highest BCUT2D eigenvalue weighted by molar-refractivity contribution is 6.31. The lowest BCUT2D eigenvalue weighted by atomic mass is 10.3. The number of halogens is 2. The van der Waals surface area contributed by atoms with Gasteiger partial charge in [-0.05, 0) is 25.1 Å². The van der Waals surface area contributed by atoms with Gasteiger partial charge in [0.2, 0.25) is 0 Å². The Bertz CT molecular complexity index is 1000. The SMILES string of the molecule is Cc1nnc2cc(N3CCN(C(=O)Nc4ccc(F)c(Cl)c4)CC3)cnn12. The molecule has 2 amide bonds. The molecule has 1 saturated heterocycles. The van der Waals surface area contributed by atoms with E-state index < -0.39 is 5.82 Å². The van der Waals surface area contributed by atoms with Crippen LogP contribution in [0.3, 0.4) is 0 Å². The molecule has 27 heavy (non-hydrogen) atoms. The second-order valence-electron chi connectivity index (χ2n) is 6.26. The number of urea groups is 1. The predicted octanol–water partition coefficient (Wildman–Crippen LogP) is 2.58. The van der Waals surface area contributed by atoms with Gasteiger partial charge in [-0.25, -0.2) is 9.18 Å². The predicted molar refractivity (Wildman–Crippen MR) is 99.7 cm³/mol. The second-order valence-corrected chi connectivity index (χ2v) is 6.67. The maximum Gasteiger partial charge on any atom is 0.321 e. The summed E-state index contributed by atoms with van der Waals surface area (Å²) >= 11 is 5.75. The third-order valence-electron chi connectivity index (χ3n) is 4.51. The standard InChI is InChI=1S/C17H17ClFN7O/c1-11-22-23-16-9-13(10-20-26(11)16)24-4-6-25(7-5-24)17(27)21-12-2-3-15(19)14(18)8-12/h2-3,8-10H,4-7H2,1H3,(H,21,27). The molecule has 1 N–H and O–H groups in total. The average Bonchev–Trinajstić information content (AvgIpc) is 3.05. The number of benzene rings is 1. The van der Waals surface area contributed by atoms with Crippen molar-refractivity contribution in [1.29, 1.82) is 0 Å². The van der Waals surface area contributed by atoms with Crippen LogP contribution in [0.2, 0.25) is 5.02 Å². The number of anilines is 2. The number of hydrogen-bond acceptors (Lipinski definition) is 5. The highest BCUT2D eigenvalue weighted by atomic mass is 35.5. The Labute approximate surface area is 159 Å². The van der Waals surface area contributed by atoms with Crippen molar-refractivity contribution in [2.24, 2.45) is 0 Å². The number of amides is 2. The molecule has 0 saturated carbocycles. The number of nitrogens with zero attached hydrogens (tertiary/aromatic N) is 6. The summed E-state index contributed by atoms with van der Waals surface area (Å²) in [5.74, 6) is 0.218. The van der Waals surface area contributed by atoms with E-state index in [1.807, 2.05) is 13.0 Å². The largest absolute Gasteiger partial charge is 0.367 e. The van der Waals surface area contributed by atoms with Gasteiger partial charge in [-0.3, -0.25) is 0 Å². The molecule has 0 aliphatic carbocycles. The lowest BCUT2D eigenvalue weighted by Gasteiger charge is -2.35. The van der Waals surface area contributed by atoms with Gasteiger partial charge < -0.3 is 15.1 Å².